The third kappa shape index (κ3) is 11.0. The van der Waals surface area contributed by atoms with E-state index in [4.69, 9.17) is 0 Å². The number of hydrogen-bond acceptors (Lipinski definition) is 20. The van der Waals surface area contributed by atoms with E-state index < -0.39 is 141 Å². The topological polar surface area (TPSA) is 544 Å². The predicted octanol–water partition coefficient (Wildman–Crippen LogP) is -4.43. The zero-order chi connectivity index (χ0) is 48.5. The average Bonchev–Trinajstić information content (AvgIpc) is 2.93. The minimum absolute atomic E-state index is 0. The maximum absolute atomic E-state index is 13.4. The standard InChI is InChI=1S/C20H42O30S10.Li.H/c1-2-3-4-5-6-7-8-9-10-11-12-13-14-15-16(51(21,22)23)17(52(24,25)26,53(27,28)29)18(54(30,31)32,55(33,34)35)19(56(36,37)38,57(39,40)41)20(58(42,43)44,59(45,46)47)60(48,49)50;;/h16H,2-15H2,1H3,(H,21,22,23)(H,24,25,26)(H,27,28,29)(H,30,31,32)(H,33,34,35)(H,36,37,38)(H,39,40,41)(H,42,43,44)(H,45,46,47)(H,48,49,50);;/q;+1;-1. The summed E-state index contributed by atoms with van der Waals surface area (Å²) in [6.07, 6.45) is 2.00. The average molecular weight is 1090 g/mol. The van der Waals surface area contributed by atoms with E-state index in [9.17, 15) is 130 Å². The molecule has 0 saturated heterocycles. The van der Waals surface area contributed by atoms with Gasteiger partial charge < -0.3 is 1.43 Å². The summed E-state index contributed by atoms with van der Waals surface area (Å²) in [6, 6.07) is 0. The van der Waals surface area contributed by atoms with Gasteiger partial charge >= 0.3 is 60.8 Å². The Labute approximate surface area is 366 Å². The van der Waals surface area contributed by atoms with Crippen LogP contribution in [0.2, 0.25) is 0 Å². The second kappa shape index (κ2) is 20.3. The minimum atomic E-state index is -9.51. The summed E-state index contributed by atoms with van der Waals surface area (Å²) in [5.74, 6) is 0. The molecule has 0 aromatic heterocycles. The van der Waals surface area contributed by atoms with E-state index in [-0.39, 0.29) is 33.1 Å². The van der Waals surface area contributed by atoms with Gasteiger partial charge in [-0.25, -0.2) is 0 Å². The Bertz CT molecular complexity index is 2550. The van der Waals surface area contributed by atoms with Crippen LogP contribution in [-0.2, 0) is 101 Å². The van der Waals surface area contributed by atoms with Crippen molar-refractivity contribution in [2.24, 2.45) is 0 Å². The van der Waals surface area contributed by atoms with Crippen LogP contribution < -0.4 is 18.9 Å². The summed E-state index contributed by atoms with van der Waals surface area (Å²) in [5.41, 5.74) is 0. The molecule has 0 aromatic rings. The zero-order valence-electron chi connectivity index (χ0n) is 32.2. The summed E-state index contributed by atoms with van der Waals surface area (Å²) < 4.78 is 330. The Kier molecular flexibility index (Phi) is 20.9. The van der Waals surface area contributed by atoms with Crippen molar-refractivity contribution in [3.8, 4) is 0 Å². The van der Waals surface area contributed by atoms with E-state index in [0.717, 1.165) is 38.5 Å². The van der Waals surface area contributed by atoms with Gasteiger partial charge in [-0.2, -0.15) is 84.2 Å². The second-order valence-corrected chi connectivity index (χ2v) is 30.0. The van der Waals surface area contributed by atoms with Gasteiger partial charge in [-0.3, -0.25) is 45.5 Å². The molecule has 0 aromatic carbocycles. The van der Waals surface area contributed by atoms with Crippen LogP contribution in [0.1, 0.15) is 98.2 Å². The fourth-order valence-electron chi connectivity index (χ4n) is 6.86. The fourth-order valence-corrected chi connectivity index (χ4v) is 32.4. The van der Waals surface area contributed by atoms with Crippen molar-refractivity contribution in [2.75, 3.05) is 0 Å². The smallest absolute Gasteiger partial charge is 1.00 e. The van der Waals surface area contributed by atoms with Crippen LogP contribution in [0, 0.1) is 0 Å². The normalized spacial score (nSPS) is 15.9. The first-order valence-electron chi connectivity index (χ1n) is 15.9. The van der Waals surface area contributed by atoms with E-state index in [1.807, 2.05) is 6.92 Å². The van der Waals surface area contributed by atoms with Crippen LogP contribution in [0.5, 0.6) is 0 Å². The molecule has 0 heterocycles. The first-order valence-corrected chi connectivity index (χ1v) is 30.3. The van der Waals surface area contributed by atoms with E-state index in [1.54, 1.807) is 0 Å². The van der Waals surface area contributed by atoms with Crippen LogP contribution in [0.3, 0.4) is 0 Å². The second-order valence-electron chi connectivity index (χ2n) is 12.8. The van der Waals surface area contributed by atoms with Crippen molar-refractivity contribution >= 4 is 101 Å². The van der Waals surface area contributed by atoms with Crippen molar-refractivity contribution in [3.05, 3.63) is 0 Å². The van der Waals surface area contributed by atoms with Crippen LogP contribution in [-0.4, -0.2) is 151 Å². The molecule has 10 N–H and O–H groups in total. The molecule has 0 amide bonds. The van der Waals surface area contributed by atoms with E-state index in [1.165, 1.54) is 0 Å². The first-order chi connectivity index (χ1) is 26.2. The molecule has 61 heavy (non-hydrogen) atoms. The molecule has 0 rings (SSSR count). The van der Waals surface area contributed by atoms with Crippen molar-refractivity contribution in [3.63, 3.8) is 0 Å². The van der Waals surface area contributed by atoms with Gasteiger partial charge in [-0.15, -0.1) is 0 Å². The first kappa shape index (κ1) is 62.8. The van der Waals surface area contributed by atoms with Crippen LogP contribution in [0.15, 0.2) is 0 Å². The van der Waals surface area contributed by atoms with Gasteiger partial charge in [-0.05, 0) is 6.42 Å². The van der Waals surface area contributed by atoms with Crippen molar-refractivity contribution in [2.45, 2.75) is 118 Å². The van der Waals surface area contributed by atoms with E-state index in [0.29, 0.717) is 19.3 Å². The molecule has 0 bridgehead atoms. The van der Waals surface area contributed by atoms with Crippen LogP contribution in [0.25, 0.3) is 0 Å². The van der Waals surface area contributed by atoms with E-state index in [2.05, 4.69) is 0 Å². The monoisotopic (exact) mass is 1090 g/mol. The molecule has 30 nitrogen and oxygen atoms in total. The molecule has 0 spiro atoms. The Hall–Kier alpha value is -0.303. The molecule has 0 saturated carbocycles. The predicted molar refractivity (Wildman–Crippen MR) is 202 cm³/mol. The molecule has 0 radical (unpaired) electrons. The van der Waals surface area contributed by atoms with Gasteiger partial charge in [0.25, 0.3) is 74.9 Å². The SMILES string of the molecule is CCCCCCCCCCCCCCCC(C(C(C(C(S(=O)(=O)O)(S(=O)(=O)O)S(=O)(=O)O)(S(=O)(=O)O)S(=O)(=O)O)(S(=O)(=O)O)S(=O)(=O)O)(S(=O)(=O)O)S(=O)(=O)O)S(=O)(=O)O.[H-].[Li+]. The summed E-state index contributed by atoms with van der Waals surface area (Å²) in [6.45, 7) is 1.99. The van der Waals surface area contributed by atoms with Gasteiger partial charge in [0.05, 0.1) is 0 Å². The largest absolute Gasteiger partial charge is 1.00 e. The molecule has 41 heteroatoms. The molecule has 364 valence electrons. The third-order valence-electron chi connectivity index (χ3n) is 8.89. The van der Waals surface area contributed by atoms with Gasteiger partial charge in [0.2, 0.25) is 0 Å². The molecular formula is C20H43LiO30S10. The van der Waals surface area contributed by atoms with Crippen LogP contribution in [0.4, 0.5) is 0 Å². The maximum atomic E-state index is 13.4. The van der Waals surface area contributed by atoms with Crippen molar-refractivity contribution in [1.82, 2.24) is 0 Å². The molecule has 1 unspecified atom stereocenters. The van der Waals surface area contributed by atoms with Crippen molar-refractivity contribution in [1.29, 1.82) is 0 Å². The Morgan fingerprint density at radius 2 is 0.574 bits per heavy atom. The fraction of sp³-hybridized carbons (Fsp3) is 1.00. The number of hydrogen-bond donors (Lipinski definition) is 10. The molecule has 0 aliphatic carbocycles. The third-order valence-corrected chi connectivity index (χ3v) is 30.9. The summed E-state index contributed by atoms with van der Waals surface area (Å²) in [7, 11) is -90.6. The van der Waals surface area contributed by atoms with Crippen molar-refractivity contribution < 1.29 is 150 Å². The quantitative estimate of drug-likeness (QED) is 0.0201. The maximum Gasteiger partial charge on any atom is 1.00 e. The summed E-state index contributed by atoms with van der Waals surface area (Å²) in [4.78, 5) is 0. The summed E-state index contributed by atoms with van der Waals surface area (Å²) >= 11 is 0. The van der Waals surface area contributed by atoms with Gasteiger partial charge in [0, 0.05) is 0 Å². The molecule has 0 aliphatic heterocycles. The molecule has 0 fully saturated rings. The zero-order valence-corrected chi connectivity index (χ0v) is 39.4. The van der Waals surface area contributed by atoms with Gasteiger partial charge in [0.15, 0.2) is 0 Å². The van der Waals surface area contributed by atoms with Crippen LogP contribution >= 0.6 is 0 Å². The number of rotatable bonds is 28. The Morgan fingerprint density at radius 1 is 0.344 bits per heavy atom. The van der Waals surface area contributed by atoms with Gasteiger partial charge in [-0.1, -0.05) is 90.4 Å². The molecular weight excluding hydrogens is 1050 g/mol. The molecule has 1 atom stereocenters. The summed E-state index contributed by atoms with van der Waals surface area (Å²) in [5, 5.41) is -5.34. The van der Waals surface area contributed by atoms with E-state index >= 15 is 0 Å². The number of unbranched alkanes of at least 4 members (excludes halogenated alkanes) is 12. The molecule has 0 aliphatic rings. The Balaban J connectivity index is -0.0000174. The minimum Gasteiger partial charge on any atom is -1.00 e. The van der Waals surface area contributed by atoms with Gasteiger partial charge in [0.1, 0.15) is 5.25 Å². The Morgan fingerprint density at radius 3 is 0.754 bits per heavy atom.